The van der Waals surface area contributed by atoms with E-state index in [2.05, 4.69) is 24.3 Å². The van der Waals surface area contributed by atoms with E-state index in [0.717, 1.165) is 5.56 Å². The van der Waals surface area contributed by atoms with Gasteiger partial charge in [0.05, 0.1) is 12.1 Å². The maximum absolute atomic E-state index is 12.3. The molecule has 4 aromatic rings. The highest BCUT2D eigenvalue weighted by molar-refractivity contribution is 6.08. The number of benzene rings is 3. The van der Waals surface area contributed by atoms with E-state index < -0.39 is 5.97 Å². The SMILES string of the molecule is Cc1ccc(C(=O)c2ccc(CC(=O)O)n2C)cc1.[c]1cccc2ccccc12. The summed E-state index contributed by atoms with van der Waals surface area (Å²) in [6.45, 7) is 1.96. The molecule has 4 nitrogen and oxygen atoms in total. The molecule has 1 heterocycles. The highest BCUT2D eigenvalue weighted by Gasteiger charge is 2.15. The molecule has 0 unspecified atom stereocenters. The van der Waals surface area contributed by atoms with E-state index in [0.29, 0.717) is 17.0 Å². The van der Waals surface area contributed by atoms with Crippen LogP contribution in [0, 0.1) is 13.0 Å². The largest absolute Gasteiger partial charge is 0.481 e. The molecule has 1 radical (unpaired) electrons. The van der Waals surface area contributed by atoms with Crippen LogP contribution in [0.2, 0.25) is 0 Å². The number of aromatic nitrogens is 1. The first-order valence-corrected chi connectivity index (χ1v) is 9.29. The zero-order valence-electron chi connectivity index (χ0n) is 16.4. The topological polar surface area (TPSA) is 59.3 Å². The van der Waals surface area contributed by atoms with Crippen molar-refractivity contribution in [2.24, 2.45) is 7.05 Å². The van der Waals surface area contributed by atoms with Crippen LogP contribution in [0.15, 0.2) is 78.9 Å². The van der Waals surface area contributed by atoms with Crippen molar-refractivity contribution in [3.05, 3.63) is 107 Å². The zero-order valence-corrected chi connectivity index (χ0v) is 16.4. The second-order valence-electron chi connectivity index (χ2n) is 6.79. The van der Waals surface area contributed by atoms with Gasteiger partial charge in [-0.15, -0.1) is 0 Å². The summed E-state index contributed by atoms with van der Waals surface area (Å²) < 4.78 is 1.64. The number of rotatable bonds is 4. The summed E-state index contributed by atoms with van der Waals surface area (Å²) in [6.07, 6.45) is -0.0856. The molecular weight excluding hydrogens is 362 g/mol. The molecule has 145 valence electrons. The zero-order chi connectivity index (χ0) is 20.8. The smallest absolute Gasteiger partial charge is 0.309 e. The molecule has 0 fully saturated rings. The van der Waals surface area contributed by atoms with Gasteiger partial charge in [-0.3, -0.25) is 9.59 Å². The number of aryl methyl sites for hydroxylation is 1. The standard InChI is InChI=1S/C15H15NO3.C10H7/c1-10-3-5-11(6-4-10)15(19)13-8-7-12(16(13)2)9-14(17)18;1-2-6-10-8-4-3-7-9(10)5-1/h3-8H,9H2,1-2H3,(H,17,18);1-7H. The normalized spacial score (nSPS) is 10.3. The first kappa shape index (κ1) is 20.1. The molecule has 4 rings (SSSR count). The van der Waals surface area contributed by atoms with Crippen molar-refractivity contribution in [3.8, 4) is 0 Å². The molecule has 0 saturated heterocycles. The number of carboxylic acid groups (broad SMARTS) is 1. The van der Waals surface area contributed by atoms with Gasteiger partial charge in [0.1, 0.15) is 0 Å². The highest BCUT2D eigenvalue weighted by atomic mass is 16.4. The van der Waals surface area contributed by atoms with Gasteiger partial charge in [0, 0.05) is 18.3 Å². The van der Waals surface area contributed by atoms with Crippen LogP contribution in [0.1, 0.15) is 27.3 Å². The fourth-order valence-electron chi connectivity index (χ4n) is 3.03. The molecule has 0 spiro atoms. The average Bonchev–Trinajstić information content (AvgIpc) is 3.08. The molecule has 0 saturated carbocycles. The van der Waals surface area contributed by atoms with Gasteiger partial charge in [0.15, 0.2) is 0 Å². The number of carbonyl (C=O) groups excluding carboxylic acids is 1. The van der Waals surface area contributed by atoms with Crippen molar-refractivity contribution in [1.82, 2.24) is 4.57 Å². The van der Waals surface area contributed by atoms with Crippen LogP contribution in [0.25, 0.3) is 10.8 Å². The summed E-state index contributed by atoms with van der Waals surface area (Å²) in [5, 5.41) is 11.2. The summed E-state index contributed by atoms with van der Waals surface area (Å²) >= 11 is 0. The Morgan fingerprint density at radius 3 is 2.31 bits per heavy atom. The van der Waals surface area contributed by atoms with E-state index in [1.165, 1.54) is 10.8 Å². The van der Waals surface area contributed by atoms with E-state index in [1.807, 2.05) is 43.3 Å². The number of carboxylic acids is 1. The minimum atomic E-state index is -0.907. The van der Waals surface area contributed by atoms with Crippen LogP contribution in [0.3, 0.4) is 0 Å². The van der Waals surface area contributed by atoms with Crippen LogP contribution >= 0.6 is 0 Å². The molecule has 0 bridgehead atoms. The van der Waals surface area contributed by atoms with Gasteiger partial charge in [-0.2, -0.15) is 0 Å². The van der Waals surface area contributed by atoms with Crippen molar-refractivity contribution < 1.29 is 14.7 Å². The minimum absolute atomic E-state index is 0.0856. The number of carbonyl (C=O) groups is 2. The van der Waals surface area contributed by atoms with Gasteiger partial charge in [-0.05, 0) is 35.9 Å². The van der Waals surface area contributed by atoms with Crippen LogP contribution in [-0.4, -0.2) is 21.4 Å². The molecule has 1 aromatic heterocycles. The minimum Gasteiger partial charge on any atom is -0.481 e. The third-order valence-electron chi connectivity index (χ3n) is 4.68. The predicted octanol–water partition coefficient (Wildman–Crippen LogP) is 4.83. The first-order valence-electron chi connectivity index (χ1n) is 9.29. The fraction of sp³-hybridized carbons (Fsp3) is 0.120. The van der Waals surface area contributed by atoms with Crippen LogP contribution < -0.4 is 0 Å². The van der Waals surface area contributed by atoms with Crippen molar-refractivity contribution in [3.63, 3.8) is 0 Å². The Bertz CT molecular complexity index is 1070. The van der Waals surface area contributed by atoms with E-state index in [-0.39, 0.29) is 12.2 Å². The molecular formula is C25H22NO3. The Hall–Kier alpha value is -3.66. The predicted molar refractivity (Wildman–Crippen MR) is 114 cm³/mol. The monoisotopic (exact) mass is 384 g/mol. The van der Waals surface area contributed by atoms with Gasteiger partial charge < -0.3 is 9.67 Å². The lowest BCUT2D eigenvalue weighted by molar-refractivity contribution is -0.136. The van der Waals surface area contributed by atoms with Gasteiger partial charge >= 0.3 is 5.97 Å². The molecule has 1 N–H and O–H groups in total. The maximum Gasteiger partial charge on any atom is 0.309 e. The molecule has 0 atom stereocenters. The Balaban J connectivity index is 0.000000200. The third-order valence-corrected chi connectivity index (χ3v) is 4.68. The van der Waals surface area contributed by atoms with E-state index in [1.54, 1.807) is 35.9 Å². The van der Waals surface area contributed by atoms with Crippen molar-refractivity contribution >= 4 is 22.5 Å². The molecule has 0 aliphatic rings. The lowest BCUT2D eigenvalue weighted by Crippen LogP contribution is -2.11. The highest BCUT2D eigenvalue weighted by Crippen LogP contribution is 2.14. The van der Waals surface area contributed by atoms with Crippen LogP contribution in [0.5, 0.6) is 0 Å². The van der Waals surface area contributed by atoms with Crippen LogP contribution in [0.4, 0.5) is 0 Å². The summed E-state index contributed by atoms with van der Waals surface area (Å²) in [7, 11) is 1.71. The third kappa shape index (κ3) is 4.99. The number of nitrogens with zero attached hydrogens (tertiary/aromatic N) is 1. The first-order chi connectivity index (χ1) is 14.0. The average molecular weight is 384 g/mol. The second kappa shape index (κ2) is 9.02. The Morgan fingerprint density at radius 2 is 1.62 bits per heavy atom. The number of hydrogen-bond donors (Lipinski definition) is 1. The summed E-state index contributed by atoms with van der Waals surface area (Å²) in [4.78, 5) is 23.0. The Morgan fingerprint density at radius 1 is 0.931 bits per heavy atom. The quantitative estimate of drug-likeness (QED) is 0.513. The van der Waals surface area contributed by atoms with Crippen LogP contribution in [-0.2, 0) is 18.3 Å². The van der Waals surface area contributed by atoms with E-state index in [9.17, 15) is 9.59 Å². The Labute approximate surface area is 170 Å². The number of hydrogen-bond acceptors (Lipinski definition) is 2. The molecule has 0 aliphatic heterocycles. The molecule has 29 heavy (non-hydrogen) atoms. The maximum atomic E-state index is 12.3. The second-order valence-corrected chi connectivity index (χ2v) is 6.79. The summed E-state index contributed by atoms with van der Waals surface area (Å²) in [6, 6.07) is 28.1. The van der Waals surface area contributed by atoms with Gasteiger partial charge in [0.2, 0.25) is 5.78 Å². The molecule has 0 aliphatic carbocycles. The van der Waals surface area contributed by atoms with Crippen molar-refractivity contribution in [2.45, 2.75) is 13.3 Å². The molecule has 4 heteroatoms. The van der Waals surface area contributed by atoms with Gasteiger partial charge in [0.25, 0.3) is 0 Å². The summed E-state index contributed by atoms with van der Waals surface area (Å²) in [5.74, 6) is -1.00. The lowest BCUT2D eigenvalue weighted by atomic mass is 10.1. The molecule has 0 amide bonds. The number of fused-ring (bicyclic) bond motifs is 1. The lowest BCUT2D eigenvalue weighted by Gasteiger charge is -2.06. The Kier molecular flexibility index (Phi) is 6.25. The van der Waals surface area contributed by atoms with Gasteiger partial charge in [-0.25, -0.2) is 0 Å². The fourth-order valence-corrected chi connectivity index (χ4v) is 3.03. The number of ketones is 1. The van der Waals surface area contributed by atoms with E-state index in [4.69, 9.17) is 5.11 Å². The van der Waals surface area contributed by atoms with Crippen molar-refractivity contribution in [1.29, 1.82) is 0 Å². The molecule has 3 aromatic carbocycles. The van der Waals surface area contributed by atoms with Crippen molar-refractivity contribution in [2.75, 3.05) is 0 Å². The number of aliphatic carboxylic acids is 1. The summed E-state index contributed by atoms with van der Waals surface area (Å²) in [5.41, 5.74) is 2.81. The van der Waals surface area contributed by atoms with E-state index >= 15 is 0 Å². The van der Waals surface area contributed by atoms with Gasteiger partial charge in [-0.1, -0.05) is 72.3 Å².